The first kappa shape index (κ1) is 16.9. The molecular formula is C19H21N5OS. The molecule has 7 heteroatoms. The molecule has 0 saturated heterocycles. The third-order valence-corrected chi connectivity index (χ3v) is 5.60. The fourth-order valence-corrected chi connectivity index (χ4v) is 4.24. The van der Waals surface area contributed by atoms with Gasteiger partial charge in [0.15, 0.2) is 10.9 Å². The number of benzene rings is 1. The molecule has 1 aromatic carbocycles. The summed E-state index contributed by atoms with van der Waals surface area (Å²) in [6, 6.07) is 9.92. The van der Waals surface area contributed by atoms with Crippen molar-refractivity contribution in [3.8, 4) is 0 Å². The van der Waals surface area contributed by atoms with E-state index in [4.69, 9.17) is 0 Å². The van der Waals surface area contributed by atoms with E-state index >= 15 is 0 Å². The predicted octanol–water partition coefficient (Wildman–Crippen LogP) is 4.01. The number of rotatable bonds is 6. The Kier molecular flexibility index (Phi) is 4.32. The van der Waals surface area contributed by atoms with Crippen molar-refractivity contribution in [2.24, 2.45) is 0 Å². The highest BCUT2D eigenvalue weighted by atomic mass is 32.2. The molecule has 1 N–H and O–H groups in total. The van der Waals surface area contributed by atoms with Crippen molar-refractivity contribution in [2.45, 2.75) is 38.9 Å². The van der Waals surface area contributed by atoms with E-state index in [9.17, 15) is 4.79 Å². The number of hydrogen-bond donors (Lipinski definition) is 1. The number of thioether (sulfide) groups is 1. The second-order valence-corrected chi connectivity index (χ2v) is 7.36. The van der Waals surface area contributed by atoms with Crippen LogP contribution in [0.25, 0.3) is 16.8 Å². The highest BCUT2D eigenvalue weighted by Crippen LogP contribution is 2.24. The van der Waals surface area contributed by atoms with E-state index in [2.05, 4.69) is 33.6 Å². The lowest BCUT2D eigenvalue weighted by molar-refractivity contribution is 0.102. The van der Waals surface area contributed by atoms with Crippen LogP contribution in [0.3, 0.4) is 0 Å². The Morgan fingerprint density at radius 3 is 2.88 bits per heavy atom. The van der Waals surface area contributed by atoms with Gasteiger partial charge in [-0.05, 0) is 38.5 Å². The summed E-state index contributed by atoms with van der Waals surface area (Å²) in [6.07, 6.45) is 1.05. The highest BCUT2D eigenvalue weighted by molar-refractivity contribution is 7.99. The molecule has 0 atom stereocenters. The number of hydrogen-bond acceptors (Lipinski definition) is 4. The van der Waals surface area contributed by atoms with Gasteiger partial charge in [0.05, 0.1) is 16.8 Å². The van der Waals surface area contributed by atoms with Crippen molar-refractivity contribution in [3.63, 3.8) is 0 Å². The Hall–Kier alpha value is -2.54. The van der Waals surface area contributed by atoms with Gasteiger partial charge in [0.25, 0.3) is 0 Å². The molecule has 4 rings (SSSR count). The van der Waals surface area contributed by atoms with Gasteiger partial charge >= 0.3 is 0 Å². The smallest absolute Gasteiger partial charge is 0.231 e. The molecule has 0 aliphatic heterocycles. The van der Waals surface area contributed by atoms with Crippen LogP contribution in [0.15, 0.2) is 35.5 Å². The van der Waals surface area contributed by atoms with E-state index in [1.807, 2.05) is 41.7 Å². The van der Waals surface area contributed by atoms with Crippen molar-refractivity contribution in [2.75, 3.05) is 5.75 Å². The number of ketones is 1. The molecule has 3 heterocycles. The number of carbonyl (C=O) groups excluding carboxylic acids is 1. The zero-order chi connectivity index (χ0) is 18.3. The van der Waals surface area contributed by atoms with Gasteiger partial charge in [-0.15, -0.1) is 5.10 Å². The number of nitrogens with one attached hydrogen (secondary N) is 1. The Bertz CT molecular complexity index is 1100. The lowest BCUT2D eigenvalue weighted by Crippen LogP contribution is -2.07. The number of aromatic nitrogens is 5. The summed E-state index contributed by atoms with van der Waals surface area (Å²) in [7, 11) is 0. The predicted molar refractivity (Wildman–Crippen MR) is 104 cm³/mol. The Morgan fingerprint density at radius 2 is 2.08 bits per heavy atom. The van der Waals surface area contributed by atoms with E-state index < -0.39 is 0 Å². The summed E-state index contributed by atoms with van der Waals surface area (Å²) in [4.78, 5) is 17.3. The third kappa shape index (κ3) is 2.72. The van der Waals surface area contributed by atoms with Crippen LogP contribution in [0.4, 0.5) is 0 Å². The fourth-order valence-electron chi connectivity index (χ4n) is 3.40. The van der Waals surface area contributed by atoms with E-state index in [0.29, 0.717) is 11.5 Å². The second-order valence-electron chi connectivity index (χ2n) is 6.41. The van der Waals surface area contributed by atoms with Gasteiger partial charge < -0.3 is 4.57 Å². The first-order chi connectivity index (χ1) is 12.6. The molecule has 0 spiro atoms. The minimum absolute atomic E-state index is 0.131. The number of nitrogens with zero attached hydrogens (tertiary/aromatic N) is 4. The molecule has 0 aliphatic rings. The normalized spacial score (nSPS) is 11.7. The summed E-state index contributed by atoms with van der Waals surface area (Å²) in [5, 5.41) is 8.03. The molecule has 0 fully saturated rings. The van der Waals surface area contributed by atoms with Gasteiger partial charge in [-0.1, -0.05) is 30.8 Å². The number of Topliss-reactive ketones (excluding diaryl/α,β-unsaturated/α-hetero) is 1. The van der Waals surface area contributed by atoms with Gasteiger partial charge in [0.2, 0.25) is 5.78 Å². The van der Waals surface area contributed by atoms with E-state index in [1.165, 1.54) is 11.8 Å². The molecule has 0 saturated carbocycles. The largest absolute Gasteiger partial charge is 0.348 e. The van der Waals surface area contributed by atoms with Crippen molar-refractivity contribution < 1.29 is 4.79 Å². The molecule has 0 amide bonds. The number of aromatic amines is 1. The van der Waals surface area contributed by atoms with Crippen molar-refractivity contribution in [3.05, 3.63) is 47.3 Å². The van der Waals surface area contributed by atoms with Crippen LogP contribution in [-0.4, -0.2) is 35.7 Å². The van der Waals surface area contributed by atoms with Gasteiger partial charge in [-0.2, -0.15) is 0 Å². The van der Waals surface area contributed by atoms with E-state index in [-0.39, 0.29) is 5.78 Å². The average molecular weight is 367 g/mol. The highest BCUT2D eigenvalue weighted by Gasteiger charge is 2.18. The molecule has 0 radical (unpaired) electrons. The first-order valence-corrected chi connectivity index (χ1v) is 9.73. The maximum absolute atomic E-state index is 12.8. The molecule has 4 aromatic rings. The standard InChI is InChI=1S/C19H21N5OS/c1-4-9-23-12(2)10-14(13(23)3)17(25)11-26-19-22-21-18-20-15-7-5-6-8-16(15)24(18)19/h5-8,10H,4,9,11H2,1-3H3,(H,20,21). The van der Waals surface area contributed by atoms with Crippen molar-refractivity contribution in [1.82, 2.24) is 24.1 Å². The first-order valence-electron chi connectivity index (χ1n) is 8.74. The zero-order valence-electron chi connectivity index (χ0n) is 15.1. The Morgan fingerprint density at radius 1 is 1.27 bits per heavy atom. The minimum Gasteiger partial charge on any atom is -0.348 e. The number of aryl methyl sites for hydroxylation is 1. The molecule has 0 bridgehead atoms. The lowest BCUT2D eigenvalue weighted by atomic mass is 10.2. The van der Waals surface area contributed by atoms with Gasteiger partial charge in [0, 0.05) is 23.5 Å². The summed E-state index contributed by atoms with van der Waals surface area (Å²) >= 11 is 1.44. The molecular weight excluding hydrogens is 346 g/mol. The topological polar surface area (TPSA) is 68.0 Å². The summed E-state index contributed by atoms with van der Waals surface area (Å²) in [5.41, 5.74) is 4.91. The summed E-state index contributed by atoms with van der Waals surface area (Å²) in [5.74, 6) is 1.18. The Labute approximate surface area is 155 Å². The fraction of sp³-hybridized carbons (Fsp3) is 0.316. The van der Waals surface area contributed by atoms with Gasteiger partial charge in [0.1, 0.15) is 0 Å². The van der Waals surface area contributed by atoms with Crippen LogP contribution >= 0.6 is 11.8 Å². The van der Waals surface area contributed by atoms with Gasteiger partial charge in [-0.3, -0.25) is 9.20 Å². The van der Waals surface area contributed by atoms with E-state index in [1.54, 1.807) is 0 Å². The maximum Gasteiger partial charge on any atom is 0.231 e. The lowest BCUT2D eigenvalue weighted by Gasteiger charge is -2.07. The number of carbonyl (C=O) groups is 1. The molecule has 0 aliphatic carbocycles. The van der Waals surface area contributed by atoms with Crippen LogP contribution in [0.1, 0.15) is 35.1 Å². The van der Waals surface area contributed by atoms with Crippen LogP contribution < -0.4 is 0 Å². The van der Waals surface area contributed by atoms with Gasteiger partial charge in [-0.25, -0.2) is 10.1 Å². The second kappa shape index (κ2) is 6.64. The maximum atomic E-state index is 12.8. The molecule has 0 unspecified atom stereocenters. The SMILES string of the molecule is CCCn1c(C)cc(C(=O)CSc2n[nH]c3nc4ccccc4n23)c1C. The van der Waals surface area contributed by atoms with Crippen molar-refractivity contribution >= 4 is 34.4 Å². The monoisotopic (exact) mass is 367 g/mol. The quantitative estimate of drug-likeness (QED) is 0.413. The van der Waals surface area contributed by atoms with Crippen LogP contribution in [-0.2, 0) is 6.54 Å². The number of imidazole rings is 1. The van der Waals surface area contributed by atoms with Crippen LogP contribution in [0, 0.1) is 13.8 Å². The number of para-hydroxylation sites is 2. The number of fused-ring (bicyclic) bond motifs is 3. The molecule has 26 heavy (non-hydrogen) atoms. The zero-order valence-corrected chi connectivity index (χ0v) is 15.9. The minimum atomic E-state index is 0.131. The molecule has 3 aromatic heterocycles. The number of H-pyrrole nitrogens is 1. The van der Waals surface area contributed by atoms with Crippen LogP contribution in [0.5, 0.6) is 0 Å². The summed E-state index contributed by atoms with van der Waals surface area (Å²) in [6.45, 7) is 7.17. The van der Waals surface area contributed by atoms with E-state index in [0.717, 1.165) is 46.1 Å². The average Bonchev–Trinajstić information content (AvgIpc) is 3.28. The molecule has 6 nitrogen and oxygen atoms in total. The van der Waals surface area contributed by atoms with Crippen molar-refractivity contribution in [1.29, 1.82) is 0 Å². The Balaban J connectivity index is 1.59. The summed E-state index contributed by atoms with van der Waals surface area (Å²) < 4.78 is 4.18. The third-order valence-electron chi connectivity index (χ3n) is 4.66. The van der Waals surface area contributed by atoms with Crippen LogP contribution in [0.2, 0.25) is 0 Å². The molecule has 134 valence electrons.